The Kier molecular flexibility index (Phi) is 8.33. The molecule has 4 nitrogen and oxygen atoms in total. The summed E-state index contributed by atoms with van der Waals surface area (Å²) >= 11 is 0. The molecule has 2 saturated heterocycles. The number of hydrogen-bond acceptors (Lipinski definition) is 4. The van der Waals surface area contributed by atoms with E-state index in [9.17, 15) is 0 Å². The summed E-state index contributed by atoms with van der Waals surface area (Å²) in [5, 5.41) is 0. The predicted molar refractivity (Wildman–Crippen MR) is 118 cm³/mol. The minimum atomic E-state index is -1.40. The Hall–Kier alpha value is 1.32. The van der Waals surface area contributed by atoms with Gasteiger partial charge in [-0.05, 0) is 33.3 Å². The van der Waals surface area contributed by atoms with Crippen LogP contribution in [0.5, 0.6) is 0 Å². The summed E-state index contributed by atoms with van der Waals surface area (Å²) in [4.78, 5) is 0. The summed E-state index contributed by atoms with van der Waals surface area (Å²) in [6.45, 7) is 21.0. The van der Waals surface area contributed by atoms with E-state index in [2.05, 4.69) is 64.6 Å². The third-order valence-electron chi connectivity index (χ3n) is 5.21. The molecule has 0 aromatic rings. The minimum absolute atomic E-state index is 0. The molecule has 2 heterocycles. The van der Waals surface area contributed by atoms with Crippen molar-refractivity contribution in [2.45, 2.75) is 0 Å². The van der Waals surface area contributed by atoms with Crippen molar-refractivity contribution in [3.63, 3.8) is 0 Å². The Balaban J connectivity index is 0.00000288. The van der Waals surface area contributed by atoms with Crippen LogP contribution >= 0.6 is 21.3 Å². The molecule has 0 aromatic heterocycles. The second kappa shape index (κ2) is 8.56. The van der Waals surface area contributed by atoms with Crippen LogP contribution in [0.1, 0.15) is 0 Å². The first-order chi connectivity index (χ1) is 10.4. The van der Waals surface area contributed by atoms with Gasteiger partial charge < -0.3 is 0 Å². The fourth-order valence-electron chi connectivity index (χ4n) is 3.49. The monoisotopic (exact) mass is 429 g/mol. The molecule has 0 unspecified atom stereocenters. The molecule has 0 atom stereocenters. The molecule has 2 fully saturated rings. The smallest absolute Gasteiger partial charge is 0.0163 e. The zero-order valence-electron chi connectivity index (χ0n) is 16.4. The fourth-order valence-corrected chi connectivity index (χ4v) is 8.46. The molecule has 2 aliphatic heterocycles. The van der Waals surface area contributed by atoms with Crippen LogP contribution in [0.15, 0.2) is 0 Å². The van der Waals surface area contributed by atoms with Gasteiger partial charge in [-0.15, -0.1) is 0 Å². The number of piperazine rings is 2. The average Bonchev–Trinajstić information content (AvgIpc) is 2.46. The van der Waals surface area contributed by atoms with Gasteiger partial charge >= 0.3 is 0 Å². The fraction of sp³-hybridized carbons (Fsp3) is 0.812. The largest absolute Gasteiger partial charge is 0.282 e. The van der Waals surface area contributed by atoms with Crippen molar-refractivity contribution in [1.29, 1.82) is 0 Å². The van der Waals surface area contributed by atoms with Gasteiger partial charge in [0, 0.05) is 78.1 Å². The second-order valence-corrected chi connectivity index (χ2v) is 19.1. The van der Waals surface area contributed by atoms with E-state index in [1.807, 2.05) is 0 Å². The van der Waals surface area contributed by atoms with Crippen molar-refractivity contribution in [2.75, 3.05) is 85.7 Å². The van der Waals surface area contributed by atoms with Crippen LogP contribution in [0, 0.1) is 0 Å². The van der Waals surface area contributed by atoms with Crippen molar-refractivity contribution >= 4 is 40.2 Å². The Morgan fingerprint density at radius 1 is 0.500 bits per heavy atom. The van der Waals surface area contributed by atoms with E-state index in [-0.39, 0.29) is 18.6 Å². The van der Waals surface area contributed by atoms with Gasteiger partial charge in [-0.1, -0.05) is 33.0 Å². The third kappa shape index (κ3) is 5.66. The van der Waals surface area contributed by atoms with Gasteiger partial charge in [-0.3, -0.25) is 18.7 Å². The summed E-state index contributed by atoms with van der Waals surface area (Å²) in [6, 6.07) is 0. The molecule has 0 bridgehead atoms. The third-order valence-corrected chi connectivity index (χ3v) is 12.3. The van der Waals surface area contributed by atoms with Crippen molar-refractivity contribution in [2.24, 2.45) is 0 Å². The second-order valence-electron chi connectivity index (χ2n) is 8.15. The maximum Gasteiger partial charge on any atom is 0.0163 e. The van der Waals surface area contributed by atoms with Crippen LogP contribution in [-0.4, -0.2) is 123 Å². The normalized spacial score (nSPS) is 23.9. The minimum Gasteiger partial charge on any atom is -0.282 e. The van der Waals surface area contributed by atoms with E-state index < -0.39 is 21.3 Å². The zero-order valence-corrected chi connectivity index (χ0v) is 20.4. The molecule has 8 heteroatoms. The maximum atomic E-state index is 4.70. The van der Waals surface area contributed by atoms with Gasteiger partial charge in [0.2, 0.25) is 0 Å². The quantitative estimate of drug-likeness (QED) is 0.637. The van der Waals surface area contributed by atoms with Crippen LogP contribution < -0.4 is 0 Å². The first-order valence-corrected chi connectivity index (χ1v) is 16.5. The van der Waals surface area contributed by atoms with Crippen molar-refractivity contribution in [3.8, 4) is 0 Å². The van der Waals surface area contributed by atoms with Gasteiger partial charge in [-0.2, -0.15) is 0 Å². The molecule has 2 aliphatic rings. The molecule has 0 N–H and O–H groups in total. The van der Waals surface area contributed by atoms with E-state index >= 15 is 0 Å². The zero-order chi connectivity index (χ0) is 17.5. The maximum absolute atomic E-state index is 4.70. The van der Waals surface area contributed by atoms with Crippen molar-refractivity contribution < 1.29 is 18.6 Å². The van der Waals surface area contributed by atoms with E-state index in [1.54, 1.807) is 0 Å². The molecule has 24 heavy (non-hydrogen) atoms. The van der Waals surface area contributed by atoms with Crippen LogP contribution in [-0.2, 0) is 18.6 Å². The molecule has 1 radical (unpaired) electrons. The van der Waals surface area contributed by atoms with Gasteiger partial charge in [0.05, 0.1) is 0 Å². The number of nitrogens with zero attached hydrogens (tertiary/aromatic N) is 4. The molecule has 0 saturated carbocycles. The standard InChI is InChI=1S/C16H37N4P3.V/c1-21(2,3)17-9-13-19(14-10-17)23(7,8)20-15-11-18(12-16-20)22(4,5)6;/h1,4,7,9-16H2,2-3,5-6,8H3;. The summed E-state index contributed by atoms with van der Waals surface area (Å²) < 4.78 is 10.6. The Morgan fingerprint density at radius 3 is 0.917 bits per heavy atom. The molecule has 0 amide bonds. The molecular formula is C16H37N4P3V. The van der Waals surface area contributed by atoms with Gasteiger partial charge in [0.1, 0.15) is 0 Å². The summed E-state index contributed by atoms with van der Waals surface area (Å²) in [7, 11) is -3.61. The molecule has 0 aliphatic carbocycles. The van der Waals surface area contributed by atoms with Crippen LogP contribution in [0.3, 0.4) is 0 Å². The van der Waals surface area contributed by atoms with Crippen LogP contribution in [0.25, 0.3) is 0 Å². The molecule has 0 aromatic carbocycles. The van der Waals surface area contributed by atoms with Gasteiger partial charge in [0.15, 0.2) is 0 Å². The van der Waals surface area contributed by atoms with Gasteiger partial charge in [0.25, 0.3) is 0 Å². The average molecular weight is 429 g/mol. The van der Waals surface area contributed by atoms with Crippen molar-refractivity contribution in [1.82, 2.24) is 18.7 Å². The Labute approximate surface area is 163 Å². The van der Waals surface area contributed by atoms with Gasteiger partial charge in [-0.25, -0.2) is 0 Å². The summed E-state index contributed by atoms with van der Waals surface area (Å²) in [6.07, 6.45) is 13.5. The van der Waals surface area contributed by atoms with Crippen LogP contribution in [0.4, 0.5) is 0 Å². The van der Waals surface area contributed by atoms with E-state index in [0.29, 0.717) is 0 Å². The Bertz CT molecular complexity index is 506. The summed E-state index contributed by atoms with van der Waals surface area (Å²) in [5.74, 6) is 0. The molecular weight excluding hydrogens is 392 g/mol. The SMILES string of the molecule is C=P(C)(C)N1CCN(P(=C)(C)N2CCN(P(=C)(C)C)CC2)CC1.[V]. The predicted octanol–water partition coefficient (Wildman–Crippen LogP) is 2.38. The van der Waals surface area contributed by atoms with Crippen molar-refractivity contribution in [3.05, 3.63) is 0 Å². The number of hydrogen-bond donors (Lipinski definition) is 0. The Morgan fingerprint density at radius 2 is 0.708 bits per heavy atom. The first kappa shape index (κ1) is 23.4. The molecule has 0 spiro atoms. The van der Waals surface area contributed by atoms with E-state index in [0.717, 1.165) is 52.4 Å². The van der Waals surface area contributed by atoms with Crippen LogP contribution in [0.2, 0.25) is 0 Å². The first-order valence-electron chi connectivity index (χ1n) is 8.51. The number of rotatable bonds is 4. The molecule has 2 rings (SSSR count). The van der Waals surface area contributed by atoms with E-state index in [4.69, 9.17) is 6.30 Å². The van der Waals surface area contributed by atoms with E-state index in [1.165, 1.54) is 0 Å². The summed E-state index contributed by atoms with van der Waals surface area (Å²) in [5.41, 5.74) is 0. The molecule has 141 valence electrons. The topological polar surface area (TPSA) is 13.0 Å².